The van der Waals surface area contributed by atoms with Gasteiger partial charge in [-0.05, 0) is 29.8 Å². The van der Waals surface area contributed by atoms with Gasteiger partial charge < -0.3 is 20.1 Å². The predicted octanol–water partition coefficient (Wildman–Crippen LogP) is 2.84. The van der Waals surface area contributed by atoms with Crippen LogP contribution in [0.3, 0.4) is 0 Å². The molecule has 0 saturated carbocycles. The number of hydrogen-bond acceptors (Lipinski definition) is 4. The Labute approximate surface area is 126 Å². The molecule has 0 saturated heterocycles. The number of benzene rings is 2. The highest BCUT2D eigenvalue weighted by Gasteiger charge is 2.08. The third-order valence-corrected chi connectivity index (χ3v) is 3.29. The Bertz CT molecular complexity index is 585. The van der Waals surface area contributed by atoms with E-state index in [-0.39, 0.29) is 6.04 Å². The average Bonchev–Trinajstić information content (AvgIpc) is 2.53. The third-order valence-electron chi connectivity index (χ3n) is 3.29. The molecule has 2 aromatic carbocycles. The topological polar surface area (TPSA) is 47.7 Å². The molecule has 2 rings (SSSR count). The maximum atomic E-state index is 6.17. The zero-order chi connectivity index (χ0) is 15.2. The lowest BCUT2D eigenvalue weighted by Gasteiger charge is -2.17. The minimum Gasteiger partial charge on any atom is -0.497 e. The van der Waals surface area contributed by atoms with E-state index < -0.39 is 0 Å². The lowest BCUT2D eigenvalue weighted by Crippen LogP contribution is -2.19. The van der Waals surface area contributed by atoms with Gasteiger partial charge in [-0.15, -0.1) is 0 Å². The summed E-state index contributed by atoms with van der Waals surface area (Å²) in [7, 11) is 5.65. The molecular formula is C17H22N2O2. The van der Waals surface area contributed by atoms with Gasteiger partial charge in [-0.2, -0.15) is 0 Å². The molecule has 0 aliphatic rings. The Morgan fingerprint density at radius 2 is 1.76 bits per heavy atom. The Morgan fingerprint density at radius 3 is 2.48 bits per heavy atom. The van der Waals surface area contributed by atoms with Crippen molar-refractivity contribution >= 4 is 5.69 Å². The number of hydrogen-bond donors (Lipinski definition) is 1. The monoisotopic (exact) mass is 286 g/mol. The van der Waals surface area contributed by atoms with E-state index in [0.717, 1.165) is 22.7 Å². The van der Waals surface area contributed by atoms with Crippen molar-refractivity contribution in [2.45, 2.75) is 6.04 Å². The Kier molecular flexibility index (Phi) is 5.06. The molecule has 0 bridgehead atoms. The van der Waals surface area contributed by atoms with E-state index in [2.05, 4.69) is 0 Å². The highest BCUT2D eigenvalue weighted by atomic mass is 16.5. The second-order valence-corrected chi connectivity index (χ2v) is 5.09. The molecule has 1 unspecified atom stereocenters. The van der Waals surface area contributed by atoms with Crippen LogP contribution in [-0.4, -0.2) is 27.8 Å². The second-order valence-electron chi connectivity index (χ2n) is 5.09. The standard InChI is InChI=1S/C17H22N2O2/c1-19(2)14-7-5-9-16(11-14)21-12-17(18)13-6-4-8-15(10-13)20-3/h4-11,17H,12,18H2,1-3H3. The largest absolute Gasteiger partial charge is 0.497 e. The molecule has 2 N–H and O–H groups in total. The van der Waals surface area contributed by atoms with Crippen LogP contribution in [0, 0.1) is 0 Å². The molecule has 4 heteroatoms. The first kappa shape index (κ1) is 15.2. The zero-order valence-corrected chi connectivity index (χ0v) is 12.7. The lowest BCUT2D eigenvalue weighted by atomic mass is 10.1. The molecule has 0 amide bonds. The fourth-order valence-electron chi connectivity index (χ4n) is 2.01. The van der Waals surface area contributed by atoms with E-state index in [1.807, 2.05) is 67.5 Å². The Balaban J connectivity index is 2.00. The molecule has 4 nitrogen and oxygen atoms in total. The number of rotatable bonds is 6. The highest BCUT2D eigenvalue weighted by Crippen LogP contribution is 2.22. The predicted molar refractivity (Wildman–Crippen MR) is 86.2 cm³/mol. The number of ether oxygens (including phenoxy) is 2. The smallest absolute Gasteiger partial charge is 0.121 e. The summed E-state index contributed by atoms with van der Waals surface area (Å²) in [6, 6.07) is 15.5. The molecule has 0 aliphatic carbocycles. The first-order chi connectivity index (χ1) is 10.1. The second kappa shape index (κ2) is 6.99. The molecule has 0 aliphatic heterocycles. The van der Waals surface area contributed by atoms with Crippen molar-refractivity contribution in [1.29, 1.82) is 0 Å². The van der Waals surface area contributed by atoms with E-state index in [4.69, 9.17) is 15.2 Å². The van der Waals surface area contributed by atoms with Crippen molar-refractivity contribution in [2.75, 3.05) is 32.7 Å². The van der Waals surface area contributed by atoms with Gasteiger partial charge in [0.25, 0.3) is 0 Å². The van der Waals surface area contributed by atoms with Crippen LogP contribution in [0.25, 0.3) is 0 Å². The fraction of sp³-hybridized carbons (Fsp3) is 0.294. The summed E-state index contributed by atoms with van der Waals surface area (Å²) in [4.78, 5) is 2.04. The Hall–Kier alpha value is -2.20. The summed E-state index contributed by atoms with van der Waals surface area (Å²) < 4.78 is 11.0. The molecule has 0 radical (unpaired) electrons. The lowest BCUT2D eigenvalue weighted by molar-refractivity contribution is 0.290. The van der Waals surface area contributed by atoms with Crippen molar-refractivity contribution in [1.82, 2.24) is 0 Å². The molecule has 2 aromatic rings. The summed E-state index contributed by atoms with van der Waals surface area (Å²) in [5.41, 5.74) is 8.27. The van der Waals surface area contributed by atoms with Gasteiger partial charge in [0.15, 0.2) is 0 Å². The van der Waals surface area contributed by atoms with Crippen LogP contribution in [0.2, 0.25) is 0 Å². The quantitative estimate of drug-likeness (QED) is 0.887. The average molecular weight is 286 g/mol. The van der Waals surface area contributed by atoms with Gasteiger partial charge in [0.2, 0.25) is 0 Å². The number of anilines is 1. The summed E-state index contributed by atoms with van der Waals surface area (Å²) in [5.74, 6) is 1.62. The van der Waals surface area contributed by atoms with E-state index in [1.165, 1.54) is 0 Å². The van der Waals surface area contributed by atoms with Crippen molar-refractivity contribution in [3.63, 3.8) is 0 Å². The SMILES string of the molecule is COc1cccc(C(N)COc2cccc(N(C)C)c2)c1. The van der Waals surface area contributed by atoms with E-state index in [1.54, 1.807) is 7.11 Å². The van der Waals surface area contributed by atoms with Crippen LogP contribution < -0.4 is 20.1 Å². The number of methoxy groups -OCH3 is 1. The molecule has 0 spiro atoms. The van der Waals surface area contributed by atoms with Crippen molar-refractivity contribution < 1.29 is 9.47 Å². The molecule has 0 aromatic heterocycles. The number of nitrogens with zero attached hydrogens (tertiary/aromatic N) is 1. The summed E-state index contributed by atoms with van der Waals surface area (Å²) in [6.07, 6.45) is 0. The normalized spacial score (nSPS) is 11.8. The summed E-state index contributed by atoms with van der Waals surface area (Å²) in [5, 5.41) is 0. The van der Waals surface area contributed by atoms with Crippen LogP contribution in [0.1, 0.15) is 11.6 Å². The molecule has 112 valence electrons. The van der Waals surface area contributed by atoms with Gasteiger partial charge in [-0.1, -0.05) is 18.2 Å². The van der Waals surface area contributed by atoms with Gasteiger partial charge in [-0.25, -0.2) is 0 Å². The van der Waals surface area contributed by atoms with Crippen LogP contribution in [0.4, 0.5) is 5.69 Å². The van der Waals surface area contributed by atoms with Crippen molar-refractivity contribution in [2.24, 2.45) is 5.73 Å². The van der Waals surface area contributed by atoms with Crippen molar-refractivity contribution in [3.8, 4) is 11.5 Å². The maximum Gasteiger partial charge on any atom is 0.121 e. The molecule has 0 heterocycles. The van der Waals surface area contributed by atoms with Gasteiger partial charge >= 0.3 is 0 Å². The van der Waals surface area contributed by atoms with Gasteiger partial charge in [0, 0.05) is 25.8 Å². The first-order valence-corrected chi connectivity index (χ1v) is 6.90. The fourth-order valence-corrected chi connectivity index (χ4v) is 2.01. The minimum atomic E-state index is -0.192. The van der Waals surface area contributed by atoms with E-state index in [0.29, 0.717) is 6.61 Å². The van der Waals surface area contributed by atoms with Crippen LogP contribution in [0.15, 0.2) is 48.5 Å². The van der Waals surface area contributed by atoms with Crippen molar-refractivity contribution in [3.05, 3.63) is 54.1 Å². The van der Waals surface area contributed by atoms with Crippen LogP contribution in [0.5, 0.6) is 11.5 Å². The first-order valence-electron chi connectivity index (χ1n) is 6.90. The Morgan fingerprint density at radius 1 is 1.05 bits per heavy atom. The van der Waals surface area contributed by atoms with Crippen LogP contribution in [-0.2, 0) is 0 Å². The number of nitrogens with two attached hydrogens (primary N) is 1. The molecule has 1 atom stereocenters. The van der Waals surface area contributed by atoms with Gasteiger partial charge in [0.1, 0.15) is 18.1 Å². The molecule has 21 heavy (non-hydrogen) atoms. The van der Waals surface area contributed by atoms with E-state index >= 15 is 0 Å². The summed E-state index contributed by atoms with van der Waals surface area (Å²) in [6.45, 7) is 0.421. The van der Waals surface area contributed by atoms with Gasteiger partial charge in [0.05, 0.1) is 13.2 Å². The molecular weight excluding hydrogens is 264 g/mol. The summed E-state index contributed by atoms with van der Waals surface area (Å²) >= 11 is 0. The molecule has 0 fully saturated rings. The van der Waals surface area contributed by atoms with E-state index in [9.17, 15) is 0 Å². The van der Waals surface area contributed by atoms with Crippen LogP contribution >= 0.6 is 0 Å². The minimum absolute atomic E-state index is 0.192. The zero-order valence-electron chi connectivity index (χ0n) is 12.7. The highest BCUT2D eigenvalue weighted by molar-refractivity contribution is 5.49. The third kappa shape index (κ3) is 4.13. The maximum absolute atomic E-state index is 6.17. The van der Waals surface area contributed by atoms with Gasteiger partial charge in [-0.3, -0.25) is 0 Å².